The van der Waals surface area contributed by atoms with Crippen LogP contribution in [0.3, 0.4) is 0 Å². The molecule has 0 fully saturated rings. The van der Waals surface area contributed by atoms with Gasteiger partial charge in [0.2, 0.25) is 0 Å². The highest BCUT2D eigenvalue weighted by atomic mass is 32.1. The highest BCUT2D eigenvalue weighted by molar-refractivity contribution is 7.13. The third-order valence-corrected chi connectivity index (χ3v) is 3.91. The molecule has 0 unspecified atom stereocenters. The first-order chi connectivity index (χ1) is 9.25. The van der Waals surface area contributed by atoms with Gasteiger partial charge in [-0.2, -0.15) is 0 Å². The zero-order valence-electron chi connectivity index (χ0n) is 10.4. The summed E-state index contributed by atoms with van der Waals surface area (Å²) < 4.78 is 13.7. The second-order valence-electron chi connectivity index (χ2n) is 4.33. The van der Waals surface area contributed by atoms with Crippen molar-refractivity contribution in [2.45, 2.75) is 6.92 Å². The van der Waals surface area contributed by atoms with Gasteiger partial charge >= 0.3 is 0 Å². The molecule has 0 aliphatic rings. The molecule has 3 heteroatoms. The quantitative estimate of drug-likeness (QED) is 0.643. The molecule has 3 rings (SSSR count). The van der Waals surface area contributed by atoms with Gasteiger partial charge in [-0.05, 0) is 24.6 Å². The minimum absolute atomic E-state index is 0.229. The number of thiazole rings is 1. The summed E-state index contributed by atoms with van der Waals surface area (Å²) in [6.07, 6.45) is 0. The summed E-state index contributed by atoms with van der Waals surface area (Å²) in [4.78, 5) is 4.55. The molecule has 0 spiro atoms. The molecule has 0 radical (unpaired) electrons. The van der Waals surface area contributed by atoms with Crippen LogP contribution >= 0.6 is 11.3 Å². The normalized spacial score (nSPS) is 10.6. The summed E-state index contributed by atoms with van der Waals surface area (Å²) in [6, 6.07) is 14.8. The van der Waals surface area contributed by atoms with Gasteiger partial charge in [0.05, 0.1) is 5.69 Å². The molecule has 94 valence electrons. The summed E-state index contributed by atoms with van der Waals surface area (Å²) in [5, 5.41) is 2.70. The van der Waals surface area contributed by atoms with E-state index in [1.165, 1.54) is 23.0 Å². The lowest BCUT2D eigenvalue weighted by atomic mass is 10.1. The Morgan fingerprint density at radius 1 is 0.947 bits per heavy atom. The van der Waals surface area contributed by atoms with Gasteiger partial charge in [-0.1, -0.05) is 36.4 Å². The zero-order valence-corrected chi connectivity index (χ0v) is 11.2. The molecule has 0 bridgehead atoms. The average molecular weight is 269 g/mol. The van der Waals surface area contributed by atoms with Crippen molar-refractivity contribution in [1.29, 1.82) is 0 Å². The number of hydrogen-bond acceptors (Lipinski definition) is 2. The minimum atomic E-state index is -0.229. The van der Waals surface area contributed by atoms with Gasteiger partial charge < -0.3 is 0 Å². The fraction of sp³-hybridized carbons (Fsp3) is 0.0625. The van der Waals surface area contributed by atoms with E-state index in [1.54, 1.807) is 12.1 Å². The first-order valence-electron chi connectivity index (χ1n) is 6.02. The molecule has 0 N–H and O–H groups in total. The van der Waals surface area contributed by atoms with Crippen LogP contribution in [0, 0.1) is 12.7 Å². The second kappa shape index (κ2) is 4.94. The molecule has 0 aliphatic carbocycles. The average Bonchev–Trinajstić information content (AvgIpc) is 2.89. The largest absolute Gasteiger partial charge is 0.236 e. The van der Waals surface area contributed by atoms with Crippen LogP contribution in [0.2, 0.25) is 0 Å². The first-order valence-corrected chi connectivity index (χ1v) is 6.90. The molecule has 0 atom stereocenters. The van der Waals surface area contributed by atoms with E-state index in [1.807, 2.05) is 29.6 Å². The summed E-state index contributed by atoms with van der Waals surface area (Å²) in [6.45, 7) is 2.05. The molecular weight excluding hydrogens is 257 g/mol. The molecule has 0 saturated heterocycles. The molecule has 3 aromatic rings. The van der Waals surface area contributed by atoms with Gasteiger partial charge in [-0.15, -0.1) is 11.3 Å². The van der Waals surface area contributed by atoms with Crippen LogP contribution < -0.4 is 0 Å². The van der Waals surface area contributed by atoms with Gasteiger partial charge in [0, 0.05) is 16.5 Å². The Balaban J connectivity index is 2.06. The molecule has 19 heavy (non-hydrogen) atoms. The number of benzene rings is 2. The fourth-order valence-electron chi connectivity index (χ4n) is 2.02. The van der Waals surface area contributed by atoms with Crippen molar-refractivity contribution in [1.82, 2.24) is 4.98 Å². The Morgan fingerprint density at radius 3 is 2.37 bits per heavy atom. The lowest BCUT2D eigenvalue weighted by molar-refractivity contribution is 0.631. The molecule has 1 aromatic heterocycles. The number of aryl methyl sites for hydroxylation is 1. The monoisotopic (exact) mass is 269 g/mol. The van der Waals surface area contributed by atoms with E-state index in [0.717, 1.165) is 16.3 Å². The SMILES string of the molecule is Cc1ccccc1-c1csc(-c2ccccc2F)n1. The Kier molecular flexibility index (Phi) is 3.13. The van der Waals surface area contributed by atoms with Crippen LogP contribution in [-0.4, -0.2) is 4.98 Å². The minimum Gasteiger partial charge on any atom is -0.236 e. The Hall–Kier alpha value is -2.00. The van der Waals surface area contributed by atoms with Crippen molar-refractivity contribution in [3.63, 3.8) is 0 Å². The number of rotatable bonds is 2. The van der Waals surface area contributed by atoms with Crippen molar-refractivity contribution < 1.29 is 4.39 Å². The summed E-state index contributed by atoms with van der Waals surface area (Å²) in [5.74, 6) is -0.229. The number of hydrogen-bond donors (Lipinski definition) is 0. The summed E-state index contributed by atoms with van der Waals surface area (Å²) in [5.41, 5.74) is 3.74. The van der Waals surface area contributed by atoms with E-state index < -0.39 is 0 Å². The maximum absolute atomic E-state index is 13.7. The Morgan fingerprint density at radius 2 is 1.63 bits per heavy atom. The topological polar surface area (TPSA) is 12.9 Å². The second-order valence-corrected chi connectivity index (χ2v) is 5.19. The van der Waals surface area contributed by atoms with Crippen LogP contribution in [0.1, 0.15) is 5.56 Å². The van der Waals surface area contributed by atoms with E-state index in [0.29, 0.717) is 5.56 Å². The number of nitrogens with zero attached hydrogens (tertiary/aromatic N) is 1. The van der Waals surface area contributed by atoms with E-state index in [9.17, 15) is 4.39 Å². The van der Waals surface area contributed by atoms with Gasteiger partial charge in [0.15, 0.2) is 0 Å². The van der Waals surface area contributed by atoms with Crippen LogP contribution in [0.5, 0.6) is 0 Å². The number of aromatic nitrogens is 1. The standard InChI is InChI=1S/C16H12FNS/c1-11-6-2-3-7-12(11)15-10-19-16(18-15)13-8-4-5-9-14(13)17/h2-10H,1H3. The van der Waals surface area contributed by atoms with Crippen molar-refractivity contribution in [3.8, 4) is 21.8 Å². The maximum Gasteiger partial charge on any atom is 0.133 e. The summed E-state index contributed by atoms with van der Waals surface area (Å²) >= 11 is 1.47. The molecule has 2 aromatic carbocycles. The molecular formula is C16H12FNS. The Bertz CT molecular complexity index is 658. The zero-order chi connectivity index (χ0) is 13.2. The molecule has 0 saturated carbocycles. The van der Waals surface area contributed by atoms with Crippen molar-refractivity contribution >= 4 is 11.3 Å². The smallest absolute Gasteiger partial charge is 0.133 e. The number of halogens is 1. The predicted octanol–water partition coefficient (Wildman–Crippen LogP) is 4.92. The molecule has 1 nitrogen and oxygen atoms in total. The lowest BCUT2D eigenvalue weighted by Crippen LogP contribution is -1.85. The third-order valence-electron chi connectivity index (χ3n) is 3.03. The molecule has 0 aliphatic heterocycles. The fourth-order valence-corrected chi connectivity index (χ4v) is 2.86. The van der Waals surface area contributed by atoms with Crippen molar-refractivity contribution in [2.75, 3.05) is 0 Å². The summed E-state index contributed by atoms with van der Waals surface area (Å²) in [7, 11) is 0. The van der Waals surface area contributed by atoms with E-state index >= 15 is 0 Å². The van der Waals surface area contributed by atoms with Gasteiger partial charge in [0.25, 0.3) is 0 Å². The van der Waals surface area contributed by atoms with Crippen molar-refractivity contribution in [2.24, 2.45) is 0 Å². The Labute approximate surface area is 115 Å². The maximum atomic E-state index is 13.7. The highest BCUT2D eigenvalue weighted by Crippen LogP contribution is 2.31. The van der Waals surface area contributed by atoms with Crippen LogP contribution in [0.25, 0.3) is 21.8 Å². The van der Waals surface area contributed by atoms with E-state index in [-0.39, 0.29) is 5.82 Å². The highest BCUT2D eigenvalue weighted by Gasteiger charge is 2.10. The van der Waals surface area contributed by atoms with Gasteiger partial charge in [-0.3, -0.25) is 0 Å². The van der Waals surface area contributed by atoms with Gasteiger partial charge in [-0.25, -0.2) is 9.37 Å². The predicted molar refractivity (Wildman–Crippen MR) is 77.7 cm³/mol. The third kappa shape index (κ3) is 2.29. The first kappa shape index (κ1) is 12.1. The van der Waals surface area contributed by atoms with Crippen LogP contribution in [-0.2, 0) is 0 Å². The van der Waals surface area contributed by atoms with E-state index in [2.05, 4.69) is 18.0 Å². The molecule has 0 amide bonds. The van der Waals surface area contributed by atoms with Gasteiger partial charge in [0.1, 0.15) is 10.8 Å². The molecule has 1 heterocycles. The lowest BCUT2D eigenvalue weighted by Gasteiger charge is -2.01. The van der Waals surface area contributed by atoms with E-state index in [4.69, 9.17) is 0 Å². The van der Waals surface area contributed by atoms with Crippen LogP contribution in [0.15, 0.2) is 53.9 Å². The van der Waals surface area contributed by atoms with Crippen molar-refractivity contribution in [3.05, 3.63) is 65.3 Å². The van der Waals surface area contributed by atoms with Crippen LogP contribution in [0.4, 0.5) is 4.39 Å².